The number of rotatable bonds is 6. The van der Waals surface area contributed by atoms with Crippen LogP contribution < -0.4 is 0 Å². The van der Waals surface area contributed by atoms with Gasteiger partial charge in [-0.2, -0.15) is 0 Å². The van der Waals surface area contributed by atoms with Gasteiger partial charge in [0.2, 0.25) is 0 Å². The molecular formula is C34H42O13. The zero-order valence-electron chi connectivity index (χ0n) is 26.6. The zero-order chi connectivity index (χ0) is 34.5. The van der Waals surface area contributed by atoms with Crippen LogP contribution in [-0.2, 0) is 47.7 Å². The molecule has 3 fully saturated rings. The van der Waals surface area contributed by atoms with Crippen LogP contribution in [0.3, 0.4) is 0 Å². The van der Waals surface area contributed by atoms with E-state index in [0.717, 1.165) is 31.4 Å². The van der Waals surface area contributed by atoms with Crippen molar-refractivity contribution in [3.05, 3.63) is 48.6 Å². The van der Waals surface area contributed by atoms with Crippen molar-refractivity contribution >= 4 is 35.8 Å². The molecule has 0 aromatic rings. The number of fused-ring (bicyclic) bond motifs is 6. The lowest BCUT2D eigenvalue weighted by atomic mass is 9.83. The van der Waals surface area contributed by atoms with Crippen LogP contribution in [0.25, 0.3) is 0 Å². The Labute approximate surface area is 272 Å². The smallest absolute Gasteiger partial charge is 0.338 e. The number of allylic oxidation sites excluding steroid dienone is 4. The molecule has 2 heterocycles. The Balaban J connectivity index is 0.000000145. The highest BCUT2D eigenvalue weighted by atomic mass is 16.6. The number of carbonyl (C=O) groups excluding carboxylic acids is 4. The summed E-state index contributed by atoms with van der Waals surface area (Å²) in [7, 11) is 0. The van der Waals surface area contributed by atoms with Crippen molar-refractivity contribution < 1.29 is 63.0 Å². The number of esters is 4. The zero-order valence-corrected chi connectivity index (χ0v) is 26.6. The third-order valence-electron chi connectivity index (χ3n) is 8.93. The summed E-state index contributed by atoms with van der Waals surface area (Å²) in [6.45, 7) is 5.69. The van der Waals surface area contributed by atoms with Gasteiger partial charge in [-0.3, -0.25) is 14.4 Å². The van der Waals surface area contributed by atoms with Crippen LogP contribution in [0.4, 0.5) is 0 Å². The number of aliphatic carboxylic acids is 2. The average molecular weight is 659 g/mol. The maximum Gasteiger partial charge on any atom is 0.338 e. The molecule has 7 aliphatic rings. The van der Waals surface area contributed by atoms with Gasteiger partial charge in [-0.25, -0.2) is 14.4 Å². The molecular weight excluding hydrogens is 616 g/mol. The van der Waals surface area contributed by atoms with Gasteiger partial charge in [0.1, 0.15) is 12.2 Å². The predicted octanol–water partition coefficient (Wildman–Crippen LogP) is 2.63. The van der Waals surface area contributed by atoms with Crippen molar-refractivity contribution in [3.8, 4) is 0 Å². The van der Waals surface area contributed by atoms with Crippen molar-refractivity contribution in [2.75, 3.05) is 13.2 Å². The first-order chi connectivity index (χ1) is 22.2. The predicted molar refractivity (Wildman–Crippen MR) is 162 cm³/mol. The second kappa shape index (κ2) is 15.2. The van der Waals surface area contributed by atoms with Crippen molar-refractivity contribution in [1.82, 2.24) is 0 Å². The van der Waals surface area contributed by atoms with E-state index in [0.29, 0.717) is 18.3 Å². The van der Waals surface area contributed by atoms with Crippen molar-refractivity contribution in [2.24, 2.45) is 47.3 Å². The Morgan fingerprint density at radius 3 is 1.72 bits per heavy atom. The minimum absolute atomic E-state index is 0.00523. The summed E-state index contributed by atoms with van der Waals surface area (Å²) in [6.07, 6.45) is 17.6. The van der Waals surface area contributed by atoms with Crippen molar-refractivity contribution in [1.29, 1.82) is 0 Å². The molecule has 2 aliphatic heterocycles. The van der Waals surface area contributed by atoms with Gasteiger partial charge >= 0.3 is 35.8 Å². The lowest BCUT2D eigenvalue weighted by molar-refractivity contribution is -0.161. The summed E-state index contributed by atoms with van der Waals surface area (Å²) in [6, 6.07) is 0. The molecule has 0 aromatic carbocycles. The lowest BCUT2D eigenvalue weighted by Gasteiger charge is -2.24. The Hall–Kier alpha value is -4.10. The normalized spacial score (nSPS) is 34.1. The number of carbonyl (C=O) groups is 6. The fraction of sp³-hybridized carbons (Fsp3) is 0.588. The number of cyclic esters (lactones) is 2. The number of carboxylic acid groups (broad SMARTS) is 2. The number of aliphatic hydroxyl groups is 1. The van der Waals surface area contributed by atoms with E-state index in [1.807, 2.05) is 45.1 Å². The first-order valence-corrected chi connectivity index (χ1v) is 15.8. The van der Waals surface area contributed by atoms with Gasteiger partial charge < -0.3 is 34.3 Å². The first-order valence-electron chi connectivity index (χ1n) is 15.8. The van der Waals surface area contributed by atoms with Crippen molar-refractivity contribution in [2.45, 2.75) is 64.3 Å². The second-order valence-electron chi connectivity index (χ2n) is 13.4. The SMILES string of the molecule is CC(C)(C)OC(=O)C1CC2C=CC1C2.O=C(O)C1C2C=CC(C2)C1C(=O)O.O=C(OCCO)C1OC2C=CC1C2.O=C1C=CC(=O)O1. The van der Waals surface area contributed by atoms with Gasteiger partial charge in [0.15, 0.2) is 6.10 Å². The minimum atomic E-state index is -0.982. The Morgan fingerprint density at radius 2 is 1.34 bits per heavy atom. The van der Waals surface area contributed by atoms with Crippen LogP contribution in [0.1, 0.15) is 46.5 Å². The molecule has 10 atom stereocenters. The highest BCUT2D eigenvalue weighted by molar-refractivity contribution is 6.04. The highest BCUT2D eigenvalue weighted by Crippen LogP contribution is 2.48. The number of hydrogen-bond acceptors (Lipinski definition) is 11. The maximum absolute atomic E-state index is 11.8. The fourth-order valence-corrected chi connectivity index (χ4v) is 6.99. The maximum atomic E-state index is 11.8. The Bertz CT molecular complexity index is 1310. The van der Waals surface area contributed by atoms with E-state index < -0.39 is 41.8 Å². The Kier molecular flexibility index (Phi) is 11.6. The molecule has 0 radical (unpaired) electrons. The summed E-state index contributed by atoms with van der Waals surface area (Å²) in [4.78, 5) is 64.6. The summed E-state index contributed by atoms with van der Waals surface area (Å²) >= 11 is 0. The standard InChI is InChI=1S/C12H18O2.C9H12O4.C9H10O4.C4H2O3/c1-12(2,3)14-11(13)10-7-8-4-5-9(10)6-8;10-3-4-12-9(11)8-6-1-2-7(5-6)13-8;10-8(11)6-4-1-2-5(3-4)7(6)9(12)13;5-3-1-2-4(6)7-3/h4-5,8-10H,6-7H2,1-3H3;1-2,6-8,10H,3-5H2;1-2,4-7H,3H2,(H,10,11)(H,12,13);1-2H. The fourth-order valence-electron chi connectivity index (χ4n) is 6.99. The summed E-state index contributed by atoms with van der Waals surface area (Å²) in [5.74, 6) is -3.65. The molecule has 7 rings (SSSR count). The molecule has 13 heteroatoms. The van der Waals surface area contributed by atoms with Gasteiger partial charge in [0.25, 0.3) is 0 Å². The van der Waals surface area contributed by atoms with E-state index in [4.69, 9.17) is 29.5 Å². The molecule has 5 aliphatic carbocycles. The molecule has 47 heavy (non-hydrogen) atoms. The molecule has 0 amide bonds. The van der Waals surface area contributed by atoms with E-state index in [-0.39, 0.29) is 60.5 Å². The molecule has 1 saturated heterocycles. The second-order valence-corrected chi connectivity index (χ2v) is 13.4. The van der Waals surface area contributed by atoms with E-state index in [9.17, 15) is 28.8 Å². The van der Waals surface area contributed by atoms with Crippen LogP contribution in [0.5, 0.6) is 0 Å². The third kappa shape index (κ3) is 9.25. The lowest BCUT2D eigenvalue weighted by Crippen LogP contribution is -2.32. The van der Waals surface area contributed by atoms with E-state index in [2.05, 4.69) is 16.9 Å². The molecule has 10 unspecified atom stereocenters. The van der Waals surface area contributed by atoms with Crippen LogP contribution in [-0.4, -0.2) is 82.2 Å². The van der Waals surface area contributed by atoms with E-state index in [1.165, 1.54) is 0 Å². The quantitative estimate of drug-likeness (QED) is 0.163. The highest BCUT2D eigenvalue weighted by Gasteiger charge is 2.52. The molecule has 6 bridgehead atoms. The minimum Gasteiger partial charge on any atom is -0.481 e. The largest absolute Gasteiger partial charge is 0.481 e. The number of ether oxygens (including phenoxy) is 4. The van der Waals surface area contributed by atoms with Crippen LogP contribution in [0.15, 0.2) is 48.6 Å². The Morgan fingerprint density at radius 1 is 0.766 bits per heavy atom. The molecule has 0 spiro atoms. The summed E-state index contributed by atoms with van der Waals surface area (Å²) in [5.41, 5.74) is -0.345. The number of hydrogen-bond donors (Lipinski definition) is 3. The summed E-state index contributed by atoms with van der Waals surface area (Å²) < 4.78 is 19.5. The molecule has 0 aromatic heterocycles. The van der Waals surface area contributed by atoms with Gasteiger partial charge in [-0.15, -0.1) is 0 Å². The van der Waals surface area contributed by atoms with Crippen molar-refractivity contribution in [3.63, 3.8) is 0 Å². The summed E-state index contributed by atoms with van der Waals surface area (Å²) in [5, 5.41) is 26.2. The number of carboxylic acids is 2. The van der Waals surface area contributed by atoms with Gasteiger partial charge in [-0.1, -0.05) is 36.5 Å². The van der Waals surface area contributed by atoms with Crippen LogP contribution in [0, 0.1) is 47.3 Å². The monoisotopic (exact) mass is 658 g/mol. The first kappa shape index (κ1) is 35.7. The van der Waals surface area contributed by atoms with Crippen LogP contribution >= 0.6 is 0 Å². The van der Waals surface area contributed by atoms with Gasteiger partial charge in [-0.05, 0) is 70.1 Å². The van der Waals surface area contributed by atoms with E-state index in [1.54, 1.807) is 0 Å². The topological polar surface area (TPSA) is 200 Å². The van der Waals surface area contributed by atoms with Gasteiger partial charge in [0.05, 0.1) is 30.5 Å². The average Bonchev–Trinajstić information content (AvgIpc) is 3.85. The molecule has 2 saturated carbocycles. The molecule has 13 nitrogen and oxygen atoms in total. The third-order valence-corrected chi connectivity index (χ3v) is 8.93. The van der Waals surface area contributed by atoms with Gasteiger partial charge in [0, 0.05) is 18.1 Å². The molecule has 3 N–H and O–H groups in total. The van der Waals surface area contributed by atoms with E-state index >= 15 is 0 Å². The number of aliphatic hydroxyl groups excluding tert-OH is 1. The molecule has 256 valence electrons. The van der Waals surface area contributed by atoms with Crippen LogP contribution in [0.2, 0.25) is 0 Å².